The standard InChI is InChI=1S/C15H18N2O4/c1-10(18)11-5-3-6-12(9-11)16-15(20)17-8-4-7-13(17)14(19)21-2/h3,5-6,9,13H,4,7-8H2,1-2H3,(H,16,20). The number of nitrogens with zero attached hydrogens (tertiary/aromatic N) is 1. The van der Waals surface area contributed by atoms with Crippen LogP contribution in [0.15, 0.2) is 24.3 Å². The van der Waals surface area contributed by atoms with E-state index >= 15 is 0 Å². The van der Waals surface area contributed by atoms with E-state index in [4.69, 9.17) is 4.74 Å². The maximum atomic E-state index is 12.2. The number of carbonyl (C=O) groups is 3. The lowest BCUT2D eigenvalue weighted by atomic mass is 10.1. The SMILES string of the molecule is COC(=O)C1CCCN1C(=O)Nc1cccc(C(C)=O)c1. The highest BCUT2D eigenvalue weighted by Gasteiger charge is 2.34. The molecule has 1 fully saturated rings. The van der Waals surface area contributed by atoms with Crippen molar-refractivity contribution in [1.29, 1.82) is 0 Å². The third-order valence-corrected chi connectivity index (χ3v) is 3.51. The zero-order valence-electron chi connectivity index (χ0n) is 12.1. The number of esters is 1. The van der Waals surface area contributed by atoms with Gasteiger partial charge in [-0.05, 0) is 31.9 Å². The maximum absolute atomic E-state index is 12.2. The number of nitrogens with one attached hydrogen (secondary N) is 1. The van der Waals surface area contributed by atoms with Gasteiger partial charge in [0.2, 0.25) is 0 Å². The van der Waals surface area contributed by atoms with Crippen molar-refractivity contribution in [3.05, 3.63) is 29.8 Å². The first-order chi connectivity index (χ1) is 10.0. The van der Waals surface area contributed by atoms with Gasteiger partial charge >= 0.3 is 12.0 Å². The number of anilines is 1. The smallest absolute Gasteiger partial charge is 0.328 e. The van der Waals surface area contributed by atoms with E-state index in [0.717, 1.165) is 6.42 Å². The summed E-state index contributed by atoms with van der Waals surface area (Å²) in [6.07, 6.45) is 1.37. The quantitative estimate of drug-likeness (QED) is 0.683. The number of amides is 2. The van der Waals surface area contributed by atoms with Crippen LogP contribution in [0.4, 0.5) is 10.5 Å². The fourth-order valence-electron chi connectivity index (χ4n) is 2.40. The lowest BCUT2D eigenvalue weighted by molar-refractivity contribution is -0.144. The molecule has 6 nitrogen and oxygen atoms in total. The summed E-state index contributed by atoms with van der Waals surface area (Å²) in [7, 11) is 1.31. The van der Waals surface area contributed by atoms with E-state index in [1.54, 1.807) is 24.3 Å². The summed E-state index contributed by atoms with van der Waals surface area (Å²) in [5, 5.41) is 2.72. The predicted octanol–water partition coefficient (Wildman–Crippen LogP) is 2.06. The summed E-state index contributed by atoms with van der Waals surface area (Å²) >= 11 is 0. The Morgan fingerprint density at radius 1 is 1.33 bits per heavy atom. The molecule has 1 aliphatic heterocycles. The van der Waals surface area contributed by atoms with Gasteiger partial charge in [-0.15, -0.1) is 0 Å². The molecule has 0 aromatic heterocycles. The molecular formula is C15H18N2O4. The molecule has 1 heterocycles. The van der Waals surface area contributed by atoms with Gasteiger partial charge < -0.3 is 15.0 Å². The largest absolute Gasteiger partial charge is 0.467 e. The van der Waals surface area contributed by atoms with Gasteiger partial charge in [-0.3, -0.25) is 4.79 Å². The van der Waals surface area contributed by atoms with Crippen LogP contribution >= 0.6 is 0 Å². The van der Waals surface area contributed by atoms with Crippen LogP contribution in [0.3, 0.4) is 0 Å². The summed E-state index contributed by atoms with van der Waals surface area (Å²) in [5.74, 6) is -0.472. The first-order valence-electron chi connectivity index (χ1n) is 6.79. The number of ketones is 1. The van der Waals surface area contributed by atoms with Crippen LogP contribution in [0.2, 0.25) is 0 Å². The van der Waals surface area contributed by atoms with Gasteiger partial charge in [0.05, 0.1) is 7.11 Å². The molecule has 1 aromatic rings. The van der Waals surface area contributed by atoms with Crippen LogP contribution in [-0.2, 0) is 9.53 Å². The van der Waals surface area contributed by atoms with Gasteiger partial charge in [0, 0.05) is 17.8 Å². The normalized spacial score (nSPS) is 17.4. The Hall–Kier alpha value is -2.37. The molecule has 2 amide bonds. The van der Waals surface area contributed by atoms with Crippen molar-refractivity contribution < 1.29 is 19.1 Å². The van der Waals surface area contributed by atoms with Crippen LogP contribution in [0.5, 0.6) is 0 Å². The van der Waals surface area contributed by atoms with Crippen LogP contribution in [0.25, 0.3) is 0 Å². The highest BCUT2D eigenvalue weighted by molar-refractivity contribution is 5.97. The number of methoxy groups -OCH3 is 1. The number of rotatable bonds is 3. The number of ether oxygens (including phenoxy) is 1. The monoisotopic (exact) mass is 290 g/mol. The Morgan fingerprint density at radius 3 is 2.76 bits per heavy atom. The zero-order chi connectivity index (χ0) is 15.4. The van der Waals surface area contributed by atoms with E-state index in [1.807, 2.05) is 0 Å². The van der Waals surface area contributed by atoms with E-state index in [1.165, 1.54) is 18.9 Å². The number of urea groups is 1. The average molecular weight is 290 g/mol. The molecule has 0 saturated carbocycles. The van der Waals surface area contributed by atoms with Crippen LogP contribution in [0.1, 0.15) is 30.1 Å². The van der Waals surface area contributed by atoms with Crippen molar-refractivity contribution in [2.75, 3.05) is 19.0 Å². The van der Waals surface area contributed by atoms with Crippen molar-refractivity contribution in [1.82, 2.24) is 4.90 Å². The van der Waals surface area contributed by atoms with Crippen LogP contribution < -0.4 is 5.32 Å². The number of Topliss-reactive ketones (excluding diaryl/α,β-unsaturated/α-hetero) is 1. The minimum atomic E-state index is -0.536. The van der Waals surface area contributed by atoms with Gasteiger partial charge in [-0.2, -0.15) is 0 Å². The number of hydrogen-bond donors (Lipinski definition) is 1. The second-order valence-electron chi connectivity index (χ2n) is 4.94. The third kappa shape index (κ3) is 3.39. The summed E-state index contributed by atoms with van der Waals surface area (Å²) in [6, 6.07) is 5.81. The molecule has 1 N–H and O–H groups in total. The summed E-state index contributed by atoms with van der Waals surface area (Å²) in [6.45, 7) is 1.98. The van der Waals surface area contributed by atoms with Crippen molar-refractivity contribution in [2.24, 2.45) is 0 Å². The Bertz CT molecular complexity index is 571. The van der Waals surface area contributed by atoms with E-state index in [-0.39, 0.29) is 11.8 Å². The molecule has 6 heteroatoms. The third-order valence-electron chi connectivity index (χ3n) is 3.51. The average Bonchev–Trinajstić information content (AvgIpc) is 2.96. The van der Waals surface area contributed by atoms with Gasteiger partial charge in [0.1, 0.15) is 6.04 Å². The van der Waals surface area contributed by atoms with Crippen LogP contribution in [-0.4, -0.2) is 42.4 Å². The Kier molecular flexibility index (Phi) is 4.57. The Balaban J connectivity index is 2.09. The molecular weight excluding hydrogens is 272 g/mol. The predicted molar refractivity (Wildman–Crippen MR) is 77.2 cm³/mol. The first kappa shape index (κ1) is 15.0. The van der Waals surface area contributed by atoms with Crippen molar-refractivity contribution >= 4 is 23.5 Å². The van der Waals surface area contributed by atoms with Gasteiger partial charge in [0.25, 0.3) is 0 Å². The minimum absolute atomic E-state index is 0.0697. The highest BCUT2D eigenvalue weighted by atomic mass is 16.5. The van der Waals surface area contributed by atoms with Crippen molar-refractivity contribution in [3.8, 4) is 0 Å². The van der Waals surface area contributed by atoms with Gasteiger partial charge in [-0.1, -0.05) is 12.1 Å². The minimum Gasteiger partial charge on any atom is -0.467 e. The van der Waals surface area contributed by atoms with Gasteiger partial charge in [-0.25, -0.2) is 9.59 Å². The molecule has 1 unspecified atom stereocenters. The zero-order valence-corrected chi connectivity index (χ0v) is 12.1. The molecule has 1 atom stereocenters. The molecule has 1 aliphatic rings. The number of benzene rings is 1. The molecule has 1 aromatic carbocycles. The molecule has 1 saturated heterocycles. The van der Waals surface area contributed by atoms with Crippen LogP contribution in [0, 0.1) is 0 Å². The first-order valence-corrected chi connectivity index (χ1v) is 6.79. The second-order valence-corrected chi connectivity index (χ2v) is 4.94. The summed E-state index contributed by atoms with van der Waals surface area (Å²) < 4.78 is 4.71. The summed E-state index contributed by atoms with van der Waals surface area (Å²) in [4.78, 5) is 36.7. The maximum Gasteiger partial charge on any atom is 0.328 e. The topological polar surface area (TPSA) is 75.7 Å². The summed E-state index contributed by atoms with van der Waals surface area (Å²) in [5.41, 5.74) is 1.06. The van der Waals surface area contributed by atoms with E-state index in [0.29, 0.717) is 24.2 Å². The highest BCUT2D eigenvalue weighted by Crippen LogP contribution is 2.20. The number of likely N-dealkylation sites (tertiary alicyclic amines) is 1. The fraction of sp³-hybridized carbons (Fsp3) is 0.400. The molecule has 0 aliphatic carbocycles. The molecule has 0 bridgehead atoms. The number of hydrogen-bond acceptors (Lipinski definition) is 4. The molecule has 2 rings (SSSR count). The molecule has 21 heavy (non-hydrogen) atoms. The van der Waals surface area contributed by atoms with E-state index in [9.17, 15) is 14.4 Å². The molecule has 112 valence electrons. The number of carbonyl (C=O) groups excluding carboxylic acids is 3. The van der Waals surface area contributed by atoms with E-state index < -0.39 is 12.0 Å². The van der Waals surface area contributed by atoms with Gasteiger partial charge in [0.15, 0.2) is 5.78 Å². The molecule has 0 spiro atoms. The van der Waals surface area contributed by atoms with Crippen molar-refractivity contribution in [2.45, 2.75) is 25.8 Å². The second kappa shape index (κ2) is 6.39. The lowest BCUT2D eigenvalue weighted by Gasteiger charge is -2.23. The van der Waals surface area contributed by atoms with E-state index in [2.05, 4.69) is 5.32 Å². The fourth-order valence-corrected chi connectivity index (χ4v) is 2.40. The lowest BCUT2D eigenvalue weighted by Crippen LogP contribution is -2.43. The molecule has 0 radical (unpaired) electrons. The Labute approximate surface area is 123 Å². The van der Waals surface area contributed by atoms with Crippen molar-refractivity contribution in [3.63, 3.8) is 0 Å². The Morgan fingerprint density at radius 2 is 2.10 bits per heavy atom.